The molecule has 2 fully saturated rings. The molecular formula is C15H24O. The summed E-state index contributed by atoms with van der Waals surface area (Å²) in [6.45, 7) is 13.4. The first kappa shape index (κ1) is 11.9. The van der Waals surface area contributed by atoms with Gasteiger partial charge >= 0.3 is 0 Å². The highest BCUT2D eigenvalue weighted by molar-refractivity contribution is 5.99. The summed E-state index contributed by atoms with van der Waals surface area (Å²) in [6.07, 6.45) is 4.32. The van der Waals surface area contributed by atoms with Gasteiger partial charge in [-0.25, -0.2) is 0 Å². The topological polar surface area (TPSA) is 17.1 Å². The number of ketones is 1. The highest BCUT2D eigenvalue weighted by atomic mass is 16.1. The maximum Gasteiger partial charge on any atom is 0.159 e. The van der Waals surface area contributed by atoms with Gasteiger partial charge in [-0.2, -0.15) is 0 Å². The van der Waals surface area contributed by atoms with Crippen LogP contribution in [0.5, 0.6) is 0 Å². The summed E-state index contributed by atoms with van der Waals surface area (Å²) >= 11 is 0. The molecule has 0 radical (unpaired) electrons. The smallest absolute Gasteiger partial charge is 0.159 e. The van der Waals surface area contributed by atoms with E-state index in [1.54, 1.807) is 0 Å². The molecule has 2 aliphatic carbocycles. The van der Waals surface area contributed by atoms with Gasteiger partial charge in [-0.05, 0) is 42.1 Å². The molecule has 2 aliphatic rings. The standard InChI is InChI=1S/C15H24O/c1-10-7-14(4,5)9-15(8-10)11(2)6-13(16)12(15)3/h10-11H,3,6-9H2,1-2,4-5H3/t10-,11+,15+/m1/s1. The highest BCUT2D eigenvalue weighted by Gasteiger charge is 2.53. The minimum atomic E-state index is 0.123. The van der Waals surface area contributed by atoms with Gasteiger partial charge in [0.05, 0.1) is 0 Å². The Bertz CT molecular complexity index is 339. The van der Waals surface area contributed by atoms with Gasteiger partial charge in [0.1, 0.15) is 0 Å². The third-order valence-electron chi connectivity index (χ3n) is 4.78. The van der Waals surface area contributed by atoms with E-state index in [0.29, 0.717) is 23.0 Å². The Balaban J connectivity index is 2.37. The Kier molecular flexibility index (Phi) is 2.56. The molecule has 0 amide bonds. The van der Waals surface area contributed by atoms with E-state index in [2.05, 4.69) is 34.3 Å². The van der Waals surface area contributed by atoms with Crippen molar-refractivity contribution in [2.75, 3.05) is 0 Å². The fourth-order valence-electron chi connectivity index (χ4n) is 4.41. The van der Waals surface area contributed by atoms with E-state index in [0.717, 1.165) is 18.4 Å². The average molecular weight is 220 g/mol. The fraction of sp³-hybridized carbons (Fsp3) is 0.800. The van der Waals surface area contributed by atoms with Crippen LogP contribution in [0.4, 0.5) is 0 Å². The molecule has 0 aromatic rings. The number of allylic oxidation sites excluding steroid dienone is 1. The molecule has 2 saturated carbocycles. The van der Waals surface area contributed by atoms with Crippen LogP contribution in [0.15, 0.2) is 12.2 Å². The van der Waals surface area contributed by atoms with Crippen LogP contribution >= 0.6 is 0 Å². The molecule has 3 atom stereocenters. The Hall–Kier alpha value is -0.590. The zero-order valence-electron chi connectivity index (χ0n) is 11.1. The molecule has 0 N–H and O–H groups in total. The van der Waals surface area contributed by atoms with Crippen molar-refractivity contribution < 1.29 is 4.79 Å². The quantitative estimate of drug-likeness (QED) is 0.564. The maximum absolute atomic E-state index is 11.9. The van der Waals surface area contributed by atoms with Crippen LogP contribution in [-0.2, 0) is 4.79 Å². The van der Waals surface area contributed by atoms with Gasteiger partial charge in [0.15, 0.2) is 5.78 Å². The molecule has 90 valence electrons. The van der Waals surface area contributed by atoms with E-state index < -0.39 is 0 Å². The number of Topliss-reactive ketones (excluding diaryl/α,β-unsaturated/α-hetero) is 1. The Labute approximate surface area is 99.3 Å². The van der Waals surface area contributed by atoms with Crippen LogP contribution in [0.2, 0.25) is 0 Å². The van der Waals surface area contributed by atoms with Gasteiger partial charge in [-0.3, -0.25) is 4.79 Å². The van der Waals surface area contributed by atoms with Crippen molar-refractivity contribution in [3.05, 3.63) is 12.2 Å². The molecule has 1 nitrogen and oxygen atoms in total. The first-order valence-corrected chi connectivity index (χ1v) is 6.49. The van der Waals surface area contributed by atoms with Gasteiger partial charge < -0.3 is 0 Å². The molecular weight excluding hydrogens is 196 g/mol. The zero-order chi connectivity index (χ0) is 12.1. The first-order valence-electron chi connectivity index (χ1n) is 6.49. The van der Waals surface area contributed by atoms with E-state index in [-0.39, 0.29) is 5.41 Å². The predicted octanol–water partition coefficient (Wildman–Crippen LogP) is 3.98. The van der Waals surface area contributed by atoms with Crippen LogP contribution < -0.4 is 0 Å². The minimum absolute atomic E-state index is 0.123. The molecule has 0 aromatic carbocycles. The van der Waals surface area contributed by atoms with Gasteiger partial charge in [-0.15, -0.1) is 0 Å². The van der Waals surface area contributed by atoms with Crippen molar-refractivity contribution in [3.8, 4) is 0 Å². The number of rotatable bonds is 0. The van der Waals surface area contributed by atoms with Crippen molar-refractivity contribution in [3.63, 3.8) is 0 Å². The van der Waals surface area contributed by atoms with Crippen molar-refractivity contribution in [1.82, 2.24) is 0 Å². The lowest BCUT2D eigenvalue weighted by atomic mass is 9.56. The van der Waals surface area contributed by atoms with Crippen molar-refractivity contribution in [1.29, 1.82) is 0 Å². The molecule has 0 aliphatic heterocycles. The summed E-state index contributed by atoms with van der Waals surface area (Å²) in [5, 5.41) is 0. The summed E-state index contributed by atoms with van der Waals surface area (Å²) in [6, 6.07) is 0. The Morgan fingerprint density at radius 1 is 1.25 bits per heavy atom. The summed E-state index contributed by atoms with van der Waals surface area (Å²) in [7, 11) is 0. The van der Waals surface area contributed by atoms with Crippen LogP contribution in [0.3, 0.4) is 0 Å². The van der Waals surface area contributed by atoms with E-state index in [1.165, 1.54) is 12.8 Å². The highest BCUT2D eigenvalue weighted by Crippen LogP contribution is 2.59. The molecule has 16 heavy (non-hydrogen) atoms. The molecule has 0 bridgehead atoms. The van der Waals surface area contributed by atoms with E-state index in [1.807, 2.05) is 0 Å². The van der Waals surface area contributed by atoms with Gasteiger partial charge in [0, 0.05) is 11.8 Å². The number of hydrogen-bond acceptors (Lipinski definition) is 1. The molecule has 0 heterocycles. The SMILES string of the molecule is C=C1C(=O)C[C@H](C)[C@@]12C[C@H](C)CC(C)(C)C2. The van der Waals surface area contributed by atoms with Crippen molar-refractivity contribution >= 4 is 5.78 Å². The van der Waals surface area contributed by atoms with Crippen LogP contribution in [0.25, 0.3) is 0 Å². The van der Waals surface area contributed by atoms with Crippen LogP contribution in [0.1, 0.15) is 53.4 Å². The Morgan fingerprint density at radius 2 is 1.88 bits per heavy atom. The van der Waals surface area contributed by atoms with Gasteiger partial charge in [0.25, 0.3) is 0 Å². The second kappa shape index (κ2) is 3.45. The average Bonchev–Trinajstić information content (AvgIpc) is 2.28. The maximum atomic E-state index is 11.9. The van der Waals surface area contributed by atoms with Gasteiger partial charge in [-0.1, -0.05) is 34.3 Å². The normalized spacial score (nSPS) is 43.0. The molecule has 1 heteroatoms. The number of carbonyl (C=O) groups excluding carboxylic acids is 1. The zero-order valence-corrected chi connectivity index (χ0v) is 11.1. The largest absolute Gasteiger partial charge is 0.295 e. The van der Waals surface area contributed by atoms with Gasteiger partial charge in [0.2, 0.25) is 0 Å². The molecule has 0 unspecified atom stereocenters. The monoisotopic (exact) mass is 220 g/mol. The minimum Gasteiger partial charge on any atom is -0.295 e. The lowest BCUT2D eigenvalue weighted by Crippen LogP contribution is -2.39. The molecule has 1 spiro atoms. The number of carbonyl (C=O) groups is 1. The summed E-state index contributed by atoms with van der Waals surface area (Å²) < 4.78 is 0. The second-order valence-electron chi connectivity index (χ2n) is 7.02. The first-order chi connectivity index (χ1) is 7.27. The molecule has 0 aromatic heterocycles. The van der Waals surface area contributed by atoms with E-state index in [9.17, 15) is 4.79 Å². The fourth-order valence-corrected chi connectivity index (χ4v) is 4.41. The lowest BCUT2D eigenvalue weighted by molar-refractivity contribution is -0.114. The third kappa shape index (κ3) is 1.65. The summed E-state index contributed by atoms with van der Waals surface area (Å²) in [5.74, 6) is 1.53. The van der Waals surface area contributed by atoms with Crippen LogP contribution in [0, 0.1) is 22.7 Å². The number of hydrogen-bond donors (Lipinski definition) is 0. The van der Waals surface area contributed by atoms with E-state index in [4.69, 9.17) is 0 Å². The molecule has 0 saturated heterocycles. The lowest BCUT2D eigenvalue weighted by Gasteiger charge is -2.48. The summed E-state index contributed by atoms with van der Waals surface area (Å²) in [4.78, 5) is 11.9. The predicted molar refractivity (Wildman–Crippen MR) is 67.2 cm³/mol. The van der Waals surface area contributed by atoms with Crippen LogP contribution in [-0.4, -0.2) is 5.78 Å². The van der Waals surface area contributed by atoms with E-state index >= 15 is 0 Å². The van der Waals surface area contributed by atoms with Crippen molar-refractivity contribution in [2.45, 2.75) is 53.4 Å². The second-order valence-corrected chi connectivity index (χ2v) is 7.02. The third-order valence-corrected chi connectivity index (χ3v) is 4.78. The molecule has 2 rings (SSSR count). The summed E-state index contributed by atoms with van der Waals surface area (Å²) in [5.41, 5.74) is 1.41. The Morgan fingerprint density at radius 3 is 2.31 bits per heavy atom. The van der Waals surface area contributed by atoms with Crippen molar-refractivity contribution in [2.24, 2.45) is 22.7 Å².